The average Bonchev–Trinajstić information content (AvgIpc) is 1.52. The first-order valence-electron chi connectivity index (χ1n) is 31.6. The largest absolute Gasteiger partial charge is 0.462 e. The quantitative estimate of drug-likeness (QED) is 0.0313. The van der Waals surface area contributed by atoms with E-state index >= 15 is 0 Å². The molecule has 31 unspecified atom stereocenters. The van der Waals surface area contributed by atoms with Crippen molar-refractivity contribution in [1.82, 2.24) is 0 Å². The zero-order chi connectivity index (χ0) is 65.7. The molecule has 10 aliphatic rings. The number of aliphatic hydroxyl groups excluding tert-OH is 10. The number of carbonyl (C=O) groups excluding carboxylic acids is 2. The summed E-state index contributed by atoms with van der Waals surface area (Å²) in [7, 11) is -4.06. The Kier molecular flexibility index (Phi) is 22.9. The first-order valence-corrected chi connectivity index (χ1v) is 33.0. The van der Waals surface area contributed by atoms with Crippen molar-refractivity contribution in [2.75, 3.05) is 33.5 Å². The topological polar surface area (TPSA) is 420 Å². The zero-order valence-electron chi connectivity index (χ0n) is 53.6. The molecule has 31 atom stereocenters. The Bertz CT molecular complexity index is 2680. The number of cyclic esters (lactones) is 1. The monoisotopic (exact) mass is 1340 g/mol. The van der Waals surface area contributed by atoms with Crippen LogP contribution in [0.25, 0.3) is 0 Å². The molecule has 10 rings (SSSR count). The van der Waals surface area contributed by atoms with Gasteiger partial charge >= 0.3 is 22.3 Å². The van der Waals surface area contributed by atoms with Gasteiger partial charge in [-0.2, -0.15) is 8.42 Å². The van der Waals surface area contributed by atoms with E-state index in [2.05, 4.69) is 47.6 Å². The summed E-state index contributed by atoms with van der Waals surface area (Å²) in [4.78, 5) is 27.6. The van der Waals surface area contributed by atoms with Crippen molar-refractivity contribution < 1.29 is 139 Å². The van der Waals surface area contributed by atoms with Gasteiger partial charge in [0.15, 0.2) is 31.5 Å². The molecule has 517 valence electrons. The number of carbonyl (C=O) groups is 2. The smallest absolute Gasteiger partial charge is 0.397 e. The first-order chi connectivity index (χ1) is 42.2. The van der Waals surface area contributed by atoms with E-state index in [0.717, 1.165) is 12.8 Å². The number of rotatable bonds is 19. The molecule has 1 spiro atoms. The Morgan fingerprint density at radius 2 is 1.32 bits per heavy atom. The molecule has 6 aliphatic heterocycles. The van der Waals surface area contributed by atoms with E-state index < -0.39 is 212 Å². The van der Waals surface area contributed by atoms with Crippen LogP contribution in [0.3, 0.4) is 0 Å². The molecule has 0 aromatic heterocycles. The Morgan fingerprint density at radius 3 is 1.97 bits per heavy atom. The molecule has 4 aliphatic carbocycles. The van der Waals surface area contributed by atoms with Gasteiger partial charge in [0.25, 0.3) is 0 Å². The van der Waals surface area contributed by atoms with Gasteiger partial charge in [-0.15, -0.1) is 0 Å². The number of allylic oxidation sites excluding steroid dienone is 2. The van der Waals surface area contributed by atoms with Crippen LogP contribution in [0.1, 0.15) is 120 Å². The molecule has 1 radical (unpaired) electrons. The van der Waals surface area contributed by atoms with E-state index in [9.17, 15) is 73.6 Å². The van der Waals surface area contributed by atoms with Crippen molar-refractivity contribution in [2.45, 2.75) is 273 Å². The Hall–Kier alpha value is -1.29. The second-order valence-corrected chi connectivity index (χ2v) is 29.5. The first kappa shape index (κ1) is 73.9. The Balaban J connectivity index is 0.00000980. The van der Waals surface area contributed by atoms with Crippen molar-refractivity contribution in [3.05, 3.63) is 11.6 Å². The third kappa shape index (κ3) is 13.6. The van der Waals surface area contributed by atoms with Crippen LogP contribution in [0.4, 0.5) is 0 Å². The molecule has 6 heterocycles. The van der Waals surface area contributed by atoms with Crippen molar-refractivity contribution in [1.29, 1.82) is 0 Å². The number of fused-ring (bicyclic) bond motifs is 4. The van der Waals surface area contributed by atoms with Gasteiger partial charge in [-0.1, -0.05) is 59.6 Å². The van der Waals surface area contributed by atoms with Gasteiger partial charge in [0.1, 0.15) is 109 Å². The average molecular weight is 1340 g/mol. The summed E-state index contributed by atoms with van der Waals surface area (Å²) in [5, 5.41) is 111. The minimum absolute atomic E-state index is 0. The van der Waals surface area contributed by atoms with Crippen LogP contribution in [-0.2, 0) is 85.8 Å². The predicted molar refractivity (Wildman–Crippen MR) is 308 cm³/mol. The Labute approximate surface area is 552 Å². The molecule has 0 aromatic rings. The molecule has 0 aromatic carbocycles. The molecule has 3 saturated carbocycles. The number of esters is 2. The molecular formula is C60H96NaO29S. The van der Waals surface area contributed by atoms with Crippen molar-refractivity contribution in [3.63, 3.8) is 0 Å². The van der Waals surface area contributed by atoms with Crippen LogP contribution in [0.15, 0.2) is 11.6 Å². The summed E-state index contributed by atoms with van der Waals surface area (Å²) in [6, 6.07) is 0. The summed E-state index contributed by atoms with van der Waals surface area (Å²) in [6.45, 7) is 15.2. The molecular weight excluding hydrogens is 1240 g/mol. The minimum atomic E-state index is -5.26. The third-order valence-electron chi connectivity index (χ3n) is 22.1. The van der Waals surface area contributed by atoms with E-state index in [1.165, 1.54) is 26.5 Å². The van der Waals surface area contributed by atoms with E-state index in [1.807, 2.05) is 6.92 Å². The number of methoxy groups -OCH3 is 1. The van der Waals surface area contributed by atoms with Crippen LogP contribution in [-0.4, -0.2) is 292 Å². The fourth-order valence-electron chi connectivity index (χ4n) is 17.7. The molecule has 31 heteroatoms. The van der Waals surface area contributed by atoms with Crippen LogP contribution >= 0.6 is 0 Å². The van der Waals surface area contributed by atoms with Crippen molar-refractivity contribution >= 4 is 51.9 Å². The summed E-state index contributed by atoms with van der Waals surface area (Å²) in [6.07, 6.45) is -30.9. The maximum Gasteiger partial charge on any atom is 0.397 e. The molecule has 91 heavy (non-hydrogen) atoms. The summed E-state index contributed by atoms with van der Waals surface area (Å²) in [5.41, 5.74) is -2.36. The normalized spacial score (nSPS) is 49.7. The third-order valence-corrected chi connectivity index (χ3v) is 22.6. The SMILES string of the molecule is COC1C(O)C(CO)OC(OC2C(O)COC(OC3C(C)OC(OC4C(OC5CCC6(C)C7CCC89C(=O)OC(C)(CCCC(C)C)C8C(OC(C)=O)CC9(C)C7=CCC6C5(C)C)OCC(OS(=O)(=O)O)C4O)C(OC4OCC(O)C(O)C4O)C3O)C2O)C1O.[Na]. The summed E-state index contributed by atoms with van der Waals surface area (Å²) in [5.74, 6) is -0.620. The summed E-state index contributed by atoms with van der Waals surface area (Å²) < 4.78 is 118. The standard InChI is InChI=1S/C60H96O29S.Na/c1-25(2)12-11-17-59(9)49-32(81-27(4)62)20-58(8)29-13-14-35-56(5,6)36(16-18-57(35,7)28(29)15-19-60(49,58)55(72)88-59)83-53-47(39(67)34(24-79-53)89-90(73,74)75)87-54-48(86-50-40(68)37(65)30(63)22-77-50)41(69)44(26(3)80-54)84-51-42(70)45(31(64)23-78-51)85-52-43(71)46(76-10)38(66)33(21-61)82-52;/h13,25-26,28,30-54,61,63-71H,11-12,14-24H2,1-10H3,(H,73,74,75);. The van der Waals surface area contributed by atoms with E-state index in [4.69, 9.17) is 65.8 Å². The van der Waals surface area contributed by atoms with Gasteiger partial charge in [0.2, 0.25) is 0 Å². The van der Waals surface area contributed by atoms with Crippen molar-refractivity contribution in [2.24, 2.45) is 45.3 Å². The molecule has 11 N–H and O–H groups in total. The van der Waals surface area contributed by atoms with Gasteiger partial charge in [-0.05, 0) is 93.8 Å². The molecule has 29 nitrogen and oxygen atoms in total. The van der Waals surface area contributed by atoms with Crippen LogP contribution < -0.4 is 0 Å². The van der Waals surface area contributed by atoms with Gasteiger partial charge in [-0.3, -0.25) is 14.1 Å². The Morgan fingerprint density at radius 1 is 0.703 bits per heavy atom. The molecule has 0 amide bonds. The number of hydrogen-bond acceptors (Lipinski definition) is 28. The summed E-state index contributed by atoms with van der Waals surface area (Å²) >= 11 is 0. The van der Waals surface area contributed by atoms with E-state index in [0.29, 0.717) is 50.9 Å². The van der Waals surface area contributed by atoms with Gasteiger partial charge < -0.3 is 113 Å². The molecule has 0 bridgehead atoms. The fraction of sp³-hybridized carbons (Fsp3) is 0.933. The zero-order valence-corrected chi connectivity index (χ0v) is 56.4. The van der Waals surface area contributed by atoms with Crippen LogP contribution in [0.5, 0.6) is 0 Å². The number of aliphatic hydroxyl groups is 10. The maximum absolute atomic E-state index is 14.8. The van der Waals surface area contributed by atoms with E-state index in [1.54, 1.807) is 0 Å². The number of ether oxygens (including phenoxy) is 13. The fourth-order valence-corrected chi connectivity index (χ4v) is 18.2. The number of hydrogen-bond donors (Lipinski definition) is 11. The second-order valence-electron chi connectivity index (χ2n) is 28.4. The van der Waals surface area contributed by atoms with Crippen LogP contribution in [0.2, 0.25) is 0 Å². The second kappa shape index (κ2) is 28.1. The molecule has 6 saturated heterocycles. The van der Waals surface area contributed by atoms with Crippen molar-refractivity contribution in [3.8, 4) is 0 Å². The molecule has 9 fully saturated rings. The van der Waals surface area contributed by atoms with Gasteiger partial charge in [0, 0.05) is 49.0 Å². The van der Waals surface area contributed by atoms with Crippen LogP contribution in [0, 0.1) is 45.3 Å². The maximum atomic E-state index is 14.8. The van der Waals surface area contributed by atoms with E-state index in [-0.39, 0.29) is 58.7 Å². The minimum Gasteiger partial charge on any atom is -0.462 e. The van der Waals surface area contributed by atoms with Gasteiger partial charge in [0.05, 0.1) is 50.0 Å². The predicted octanol–water partition coefficient (Wildman–Crippen LogP) is -1.22. The van der Waals surface area contributed by atoms with Gasteiger partial charge in [-0.25, -0.2) is 4.18 Å².